The van der Waals surface area contributed by atoms with Gasteiger partial charge in [0.1, 0.15) is 5.82 Å². The monoisotopic (exact) mass is 512 g/mol. The topological polar surface area (TPSA) is 39.7 Å². The summed E-state index contributed by atoms with van der Waals surface area (Å²) in [6, 6.07) is 5.62. The third kappa shape index (κ3) is 6.84. The molecule has 0 atom stereocenters. The Balaban J connectivity index is 0.00000288. The third-order valence-corrected chi connectivity index (χ3v) is 4.78. The minimum atomic E-state index is -0.240. The predicted molar refractivity (Wildman–Crippen MR) is 113 cm³/mol. The van der Waals surface area contributed by atoms with Crippen LogP contribution in [-0.4, -0.2) is 43.6 Å². The molecule has 1 fully saturated rings. The quantitative estimate of drug-likeness (QED) is 0.358. The molecule has 2 N–H and O–H groups in total. The molecular formula is C17H27BrFIN4. The zero-order chi connectivity index (χ0) is 16.7. The van der Waals surface area contributed by atoms with Gasteiger partial charge in [-0.05, 0) is 59.4 Å². The molecule has 7 heteroatoms. The highest BCUT2D eigenvalue weighted by Gasteiger charge is 2.19. The Hall–Kier alpha value is -0.410. The van der Waals surface area contributed by atoms with Crippen LogP contribution in [0, 0.1) is 5.82 Å². The molecule has 0 aromatic heterocycles. The Morgan fingerprint density at radius 3 is 2.67 bits per heavy atom. The molecule has 24 heavy (non-hydrogen) atoms. The van der Waals surface area contributed by atoms with Gasteiger partial charge in [0.2, 0.25) is 0 Å². The third-order valence-electron chi connectivity index (χ3n) is 4.14. The average Bonchev–Trinajstić information content (AvgIpc) is 2.56. The number of hydrogen-bond donors (Lipinski definition) is 2. The van der Waals surface area contributed by atoms with Gasteiger partial charge in [-0.2, -0.15) is 0 Å². The van der Waals surface area contributed by atoms with Crippen molar-refractivity contribution < 1.29 is 4.39 Å². The van der Waals surface area contributed by atoms with Gasteiger partial charge in [0.25, 0.3) is 0 Å². The van der Waals surface area contributed by atoms with Crippen LogP contribution in [0.15, 0.2) is 27.7 Å². The summed E-state index contributed by atoms with van der Waals surface area (Å²) in [4.78, 5) is 6.78. The Morgan fingerprint density at radius 2 is 2.08 bits per heavy atom. The standard InChI is InChI=1S/C17H26BrFN4.HI/c1-3-8-23-9-6-14(7-10-23)22-17(20-2)21-12-13-4-5-15(18)16(19)11-13;/h4-5,11,14H,3,6-10,12H2,1-2H3,(H2,20,21,22);1H. The first-order chi connectivity index (χ1) is 11.1. The van der Waals surface area contributed by atoms with Crippen LogP contribution in [0.25, 0.3) is 0 Å². The van der Waals surface area contributed by atoms with Crippen LogP contribution >= 0.6 is 39.9 Å². The summed E-state index contributed by atoms with van der Waals surface area (Å²) in [5.41, 5.74) is 0.895. The van der Waals surface area contributed by atoms with Crippen molar-refractivity contribution in [2.45, 2.75) is 38.8 Å². The molecule has 1 aliphatic heterocycles. The van der Waals surface area contributed by atoms with E-state index in [1.165, 1.54) is 19.0 Å². The van der Waals surface area contributed by atoms with E-state index in [1.807, 2.05) is 6.07 Å². The maximum Gasteiger partial charge on any atom is 0.191 e. The number of nitrogens with zero attached hydrogens (tertiary/aromatic N) is 2. The van der Waals surface area contributed by atoms with E-state index in [-0.39, 0.29) is 29.8 Å². The molecule has 0 amide bonds. The van der Waals surface area contributed by atoms with E-state index in [0.29, 0.717) is 17.1 Å². The molecule has 136 valence electrons. The van der Waals surface area contributed by atoms with Gasteiger partial charge in [-0.25, -0.2) is 4.39 Å². The summed E-state index contributed by atoms with van der Waals surface area (Å²) in [6.07, 6.45) is 3.48. The first-order valence-corrected chi connectivity index (χ1v) is 9.05. The van der Waals surface area contributed by atoms with Gasteiger partial charge in [0.15, 0.2) is 5.96 Å². The van der Waals surface area contributed by atoms with Crippen molar-refractivity contribution in [2.75, 3.05) is 26.7 Å². The number of guanidine groups is 1. The van der Waals surface area contributed by atoms with E-state index < -0.39 is 0 Å². The summed E-state index contributed by atoms with van der Waals surface area (Å²) in [6.45, 7) is 6.25. The number of likely N-dealkylation sites (tertiary alicyclic amines) is 1. The predicted octanol–water partition coefficient (Wildman–Crippen LogP) is 3.75. The van der Waals surface area contributed by atoms with Crippen molar-refractivity contribution in [3.63, 3.8) is 0 Å². The minimum absolute atomic E-state index is 0. The summed E-state index contributed by atoms with van der Waals surface area (Å²) in [5.74, 6) is 0.540. The van der Waals surface area contributed by atoms with E-state index in [1.54, 1.807) is 13.1 Å². The highest BCUT2D eigenvalue weighted by atomic mass is 127. The first-order valence-electron chi connectivity index (χ1n) is 8.25. The molecule has 0 radical (unpaired) electrons. The first kappa shape index (κ1) is 21.6. The maximum atomic E-state index is 13.5. The SMILES string of the molecule is CCCN1CCC(NC(=NC)NCc2ccc(Br)c(F)c2)CC1.I. The van der Waals surface area contributed by atoms with Crippen LogP contribution in [-0.2, 0) is 6.54 Å². The van der Waals surface area contributed by atoms with Crippen LogP contribution in [0.5, 0.6) is 0 Å². The maximum absolute atomic E-state index is 13.5. The van der Waals surface area contributed by atoms with Gasteiger partial charge in [-0.1, -0.05) is 13.0 Å². The summed E-state index contributed by atoms with van der Waals surface area (Å²) in [5, 5.41) is 6.73. The smallest absolute Gasteiger partial charge is 0.191 e. The van der Waals surface area contributed by atoms with Gasteiger partial charge in [0.05, 0.1) is 4.47 Å². The molecule has 0 bridgehead atoms. The van der Waals surface area contributed by atoms with Crippen LogP contribution < -0.4 is 10.6 Å². The molecule has 1 heterocycles. The van der Waals surface area contributed by atoms with E-state index in [9.17, 15) is 4.39 Å². The second-order valence-electron chi connectivity index (χ2n) is 5.93. The van der Waals surface area contributed by atoms with Crippen LogP contribution in [0.1, 0.15) is 31.7 Å². The number of piperidine rings is 1. The number of halogens is 3. The number of benzene rings is 1. The molecule has 0 unspecified atom stereocenters. The van der Waals surface area contributed by atoms with Crippen LogP contribution in [0.4, 0.5) is 4.39 Å². The normalized spacial score (nSPS) is 16.6. The summed E-state index contributed by atoms with van der Waals surface area (Å²) < 4.78 is 14.0. The van der Waals surface area contributed by atoms with Crippen molar-refractivity contribution in [2.24, 2.45) is 4.99 Å². The molecule has 1 aromatic carbocycles. The lowest BCUT2D eigenvalue weighted by atomic mass is 10.1. The van der Waals surface area contributed by atoms with Crippen molar-refractivity contribution in [3.8, 4) is 0 Å². The number of rotatable bonds is 5. The zero-order valence-electron chi connectivity index (χ0n) is 14.3. The van der Waals surface area contributed by atoms with Crippen molar-refractivity contribution in [1.29, 1.82) is 0 Å². The molecule has 0 saturated carbocycles. The lowest BCUT2D eigenvalue weighted by Gasteiger charge is -2.32. The lowest BCUT2D eigenvalue weighted by molar-refractivity contribution is 0.206. The Bertz CT molecular complexity index is 533. The molecule has 0 aliphatic carbocycles. The fourth-order valence-electron chi connectivity index (χ4n) is 2.84. The number of aliphatic imine (C=N–C) groups is 1. The Kier molecular flexibility index (Phi) is 10.1. The highest BCUT2D eigenvalue weighted by molar-refractivity contribution is 14.0. The Labute approximate surface area is 169 Å². The van der Waals surface area contributed by atoms with Gasteiger partial charge in [-0.15, -0.1) is 24.0 Å². The Morgan fingerprint density at radius 1 is 1.38 bits per heavy atom. The lowest BCUT2D eigenvalue weighted by Crippen LogP contribution is -2.48. The van der Waals surface area contributed by atoms with E-state index in [0.717, 1.165) is 37.5 Å². The van der Waals surface area contributed by atoms with Crippen LogP contribution in [0.2, 0.25) is 0 Å². The number of nitrogens with one attached hydrogen (secondary N) is 2. The van der Waals surface area contributed by atoms with Gasteiger partial charge >= 0.3 is 0 Å². The molecule has 2 rings (SSSR count). The summed E-state index contributed by atoms with van der Waals surface area (Å²) in [7, 11) is 1.77. The minimum Gasteiger partial charge on any atom is -0.354 e. The molecule has 1 saturated heterocycles. The average molecular weight is 513 g/mol. The van der Waals surface area contributed by atoms with Crippen molar-refractivity contribution in [3.05, 3.63) is 34.1 Å². The van der Waals surface area contributed by atoms with Gasteiger partial charge in [0, 0.05) is 32.7 Å². The van der Waals surface area contributed by atoms with Crippen molar-refractivity contribution in [1.82, 2.24) is 15.5 Å². The molecular weight excluding hydrogens is 486 g/mol. The van der Waals surface area contributed by atoms with E-state index >= 15 is 0 Å². The van der Waals surface area contributed by atoms with E-state index in [4.69, 9.17) is 0 Å². The van der Waals surface area contributed by atoms with Gasteiger partial charge in [-0.3, -0.25) is 4.99 Å². The molecule has 4 nitrogen and oxygen atoms in total. The number of hydrogen-bond acceptors (Lipinski definition) is 2. The zero-order valence-corrected chi connectivity index (χ0v) is 18.2. The molecule has 1 aromatic rings. The largest absolute Gasteiger partial charge is 0.354 e. The second-order valence-corrected chi connectivity index (χ2v) is 6.79. The molecule has 0 spiro atoms. The van der Waals surface area contributed by atoms with Crippen LogP contribution in [0.3, 0.4) is 0 Å². The molecule has 1 aliphatic rings. The fourth-order valence-corrected chi connectivity index (χ4v) is 3.09. The second kappa shape index (κ2) is 11.3. The fraction of sp³-hybridized carbons (Fsp3) is 0.588. The van der Waals surface area contributed by atoms with Gasteiger partial charge < -0.3 is 15.5 Å². The highest BCUT2D eigenvalue weighted by Crippen LogP contribution is 2.16. The van der Waals surface area contributed by atoms with Crippen molar-refractivity contribution >= 4 is 45.9 Å². The summed E-state index contributed by atoms with van der Waals surface area (Å²) >= 11 is 3.17. The van der Waals surface area contributed by atoms with E-state index in [2.05, 4.69) is 43.4 Å².